The Balaban J connectivity index is 1.74. The van der Waals surface area contributed by atoms with Gasteiger partial charge in [0.15, 0.2) is 0 Å². The second-order valence-corrected chi connectivity index (χ2v) is 5.22. The molecule has 1 N–H and O–H groups in total. The van der Waals surface area contributed by atoms with E-state index in [1.807, 2.05) is 31.2 Å². The highest BCUT2D eigenvalue weighted by molar-refractivity contribution is 5.95. The molecule has 1 aliphatic rings. The van der Waals surface area contributed by atoms with E-state index in [-0.39, 0.29) is 5.91 Å². The second kappa shape index (κ2) is 6.68. The molecule has 1 aromatic rings. The third-order valence-corrected chi connectivity index (χ3v) is 3.70. The van der Waals surface area contributed by atoms with Crippen molar-refractivity contribution in [3.8, 4) is 0 Å². The van der Waals surface area contributed by atoms with Crippen molar-refractivity contribution in [2.75, 3.05) is 46.3 Å². The van der Waals surface area contributed by atoms with E-state index in [2.05, 4.69) is 22.2 Å². The van der Waals surface area contributed by atoms with Crippen LogP contribution in [-0.2, 0) is 0 Å². The Morgan fingerprint density at radius 3 is 2.58 bits per heavy atom. The summed E-state index contributed by atoms with van der Waals surface area (Å²) in [5.74, 6) is 0.0345. The molecule has 104 valence electrons. The summed E-state index contributed by atoms with van der Waals surface area (Å²) in [6.07, 6.45) is 0. The standard InChI is InChI=1S/C15H23N3O/c1-13-5-3-4-6-14(13)15(19)16-7-8-18-11-9-17(2)10-12-18/h3-6H,7-12H2,1-2H3,(H,16,19). The number of piperazine rings is 1. The van der Waals surface area contributed by atoms with E-state index < -0.39 is 0 Å². The summed E-state index contributed by atoms with van der Waals surface area (Å²) in [5.41, 5.74) is 1.81. The quantitative estimate of drug-likeness (QED) is 0.877. The van der Waals surface area contributed by atoms with Gasteiger partial charge < -0.3 is 10.2 Å². The third-order valence-electron chi connectivity index (χ3n) is 3.70. The summed E-state index contributed by atoms with van der Waals surface area (Å²) in [6, 6.07) is 7.70. The first kappa shape index (κ1) is 14.0. The van der Waals surface area contributed by atoms with Gasteiger partial charge in [-0.05, 0) is 25.6 Å². The number of nitrogens with zero attached hydrogens (tertiary/aromatic N) is 2. The number of aryl methyl sites for hydroxylation is 1. The van der Waals surface area contributed by atoms with Crippen LogP contribution in [0.15, 0.2) is 24.3 Å². The summed E-state index contributed by atoms with van der Waals surface area (Å²) in [6.45, 7) is 8.04. The van der Waals surface area contributed by atoms with Crippen LogP contribution in [-0.4, -0.2) is 62.0 Å². The smallest absolute Gasteiger partial charge is 0.251 e. The fraction of sp³-hybridized carbons (Fsp3) is 0.533. The zero-order chi connectivity index (χ0) is 13.7. The maximum Gasteiger partial charge on any atom is 0.251 e. The van der Waals surface area contributed by atoms with E-state index in [4.69, 9.17) is 0 Å². The number of amides is 1. The predicted octanol–water partition coefficient (Wildman–Crippen LogP) is 0.972. The van der Waals surface area contributed by atoms with Gasteiger partial charge in [0.25, 0.3) is 5.91 Å². The van der Waals surface area contributed by atoms with E-state index in [9.17, 15) is 4.79 Å². The Labute approximate surface area is 115 Å². The number of likely N-dealkylation sites (N-methyl/N-ethyl adjacent to an activating group) is 1. The van der Waals surface area contributed by atoms with E-state index in [1.165, 1.54) is 0 Å². The molecule has 1 aliphatic heterocycles. The highest BCUT2D eigenvalue weighted by atomic mass is 16.1. The fourth-order valence-corrected chi connectivity index (χ4v) is 2.32. The van der Waals surface area contributed by atoms with E-state index in [0.29, 0.717) is 0 Å². The molecule has 1 heterocycles. The number of hydrogen-bond acceptors (Lipinski definition) is 3. The van der Waals surface area contributed by atoms with Crippen LogP contribution in [0.2, 0.25) is 0 Å². The number of nitrogens with one attached hydrogen (secondary N) is 1. The molecule has 0 bridgehead atoms. The number of benzene rings is 1. The normalized spacial score (nSPS) is 17.4. The number of carbonyl (C=O) groups excluding carboxylic acids is 1. The first-order valence-electron chi connectivity index (χ1n) is 6.91. The van der Waals surface area contributed by atoms with Crippen LogP contribution in [0.1, 0.15) is 15.9 Å². The summed E-state index contributed by atoms with van der Waals surface area (Å²) >= 11 is 0. The SMILES string of the molecule is Cc1ccccc1C(=O)NCCN1CCN(C)CC1. The van der Waals surface area contributed by atoms with Crippen molar-refractivity contribution >= 4 is 5.91 Å². The van der Waals surface area contributed by atoms with Crippen LogP contribution in [0.4, 0.5) is 0 Å². The van der Waals surface area contributed by atoms with Crippen molar-refractivity contribution < 1.29 is 4.79 Å². The minimum atomic E-state index is 0.0345. The molecule has 1 fully saturated rings. The summed E-state index contributed by atoms with van der Waals surface area (Å²) < 4.78 is 0. The molecule has 2 rings (SSSR count). The van der Waals surface area contributed by atoms with Crippen molar-refractivity contribution in [1.29, 1.82) is 0 Å². The molecule has 19 heavy (non-hydrogen) atoms. The monoisotopic (exact) mass is 261 g/mol. The van der Waals surface area contributed by atoms with Gasteiger partial charge in [-0.3, -0.25) is 9.69 Å². The lowest BCUT2D eigenvalue weighted by Gasteiger charge is -2.32. The van der Waals surface area contributed by atoms with Crippen LogP contribution in [0.3, 0.4) is 0 Å². The highest BCUT2D eigenvalue weighted by Gasteiger charge is 2.13. The van der Waals surface area contributed by atoms with Crippen molar-refractivity contribution in [1.82, 2.24) is 15.1 Å². The Morgan fingerprint density at radius 2 is 1.89 bits per heavy atom. The molecule has 0 aromatic heterocycles. The van der Waals surface area contributed by atoms with Gasteiger partial charge in [-0.1, -0.05) is 18.2 Å². The number of carbonyl (C=O) groups is 1. The van der Waals surface area contributed by atoms with E-state index in [1.54, 1.807) is 0 Å². The molecule has 0 atom stereocenters. The molecule has 0 saturated carbocycles. The minimum Gasteiger partial charge on any atom is -0.351 e. The van der Waals surface area contributed by atoms with Crippen LogP contribution >= 0.6 is 0 Å². The topological polar surface area (TPSA) is 35.6 Å². The average Bonchev–Trinajstić information content (AvgIpc) is 2.41. The molecule has 1 aromatic carbocycles. The van der Waals surface area contributed by atoms with E-state index in [0.717, 1.165) is 50.4 Å². The fourth-order valence-electron chi connectivity index (χ4n) is 2.32. The number of rotatable bonds is 4. The molecule has 0 aliphatic carbocycles. The van der Waals surface area contributed by atoms with Crippen LogP contribution in [0.5, 0.6) is 0 Å². The van der Waals surface area contributed by atoms with Crippen molar-refractivity contribution in [2.24, 2.45) is 0 Å². The lowest BCUT2D eigenvalue weighted by molar-refractivity contribution is 0.0940. The van der Waals surface area contributed by atoms with Gasteiger partial charge in [-0.2, -0.15) is 0 Å². The molecular formula is C15H23N3O. The summed E-state index contributed by atoms with van der Waals surface area (Å²) in [4.78, 5) is 16.8. The number of hydrogen-bond donors (Lipinski definition) is 1. The Kier molecular flexibility index (Phi) is 4.93. The zero-order valence-electron chi connectivity index (χ0n) is 11.9. The average molecular weight is 261 g/mol. The van der Waals surface area contributed by atoms with Gasteiger partial charge in [-0.15, -0.1) is 0 Å². The summed E-state index contributed by atoms with van der Waals surface area (Å²) in [7, 11) is 2.15. The Morgan fingerprint density at radius 1 is 1.21 bits per heavy atom. The summed E-state index contributed by atoms with van der Waals surface area (Å²) in [5, 5.41) is 3.00. The Bertz CT molecular complexity index is 425. The molecular weight excluding hydrogens is 238 g/mol. The van der Waals surface area contributed by atoms with Crippen molar-refractivity contribution in [3.63, 3.8) is 0 Å². The Hall–Kier alpha value is -1.39. The van der Waals surface area contributed by atoms with Gasteiger partial charge in [0.2, 0.25) is 0 Å². The molecule has 1 amide bonds. The highest BCUT2D eigenvalue weighted by Crippen LogP contribution is 2.06. The van der Waals surface area contributed by atoms with Crippen LogP contribution < -0.4 is 5.32 Å². The molecule has 0 unspecified atom stereocenters. The van der Waals surface area contributed by atoms with Crippen LogP contribution in [0.25, 0.3) is 0 Å². The third kappa shape index (κ3) is 4.04. The molecule has 4 heteroatoms. The van der Waals surface area contributed by atoms with Crippen molar-refractivity contribution in [3.05, 3.63) is 35.4 Å². The van der Waals surface area contributed by atoms with Gasteiger partial charge in [0.05, 0.1) is 0 Å². The molecule has 0 radical (unpaired) electrons. The largest absolute Gasteiger partial charge is 0.351 e. The predicted molar refractivity (Wildman–Crippen MR) is 77.4 cm³/mol. The van der Waals surface area contributed by atoms with Gasteiger partial charge >= 0.3 is 0 Å². The van der Waals surface area contributed by atoms with Crippen LogP contribution in [0, 0.1) is 6.92 Å². The maximum absolute atomic E-state index is 12.0. The van der Waals surface area contributed by atoms with Gasteiger partial charge in [0, 0.05) is 44.8 Å². The molecule has 4 nitrogen and oxygen atoms in total. The maximum atomic E-state index is 12.0. The van der Waals surface area contributed by atoms with E-state index >= 15 is 0 Å². The first-order chi connectivity index (χ1) is 9.16. The lowest BCUT2D eigenvalue weighted by atomic mass is 10.1. The minimum absolute atomic E-state index is 0.0345. The van der Waals surface area contributed by atoms with Gasteiger partial charge in [-0.25, -0.2) is 0 Å². The van der Waals surface area contributed by atoms with Gasteiger partial charge in [0.1, 0.15) is 0 Å². The van der Waals surface area contributed by atoms with Crippen molar-refractivity contribution in [2.45, 2.75) is 6.92 Å². The molecule has 0 spiro atoms. The lowest BCUT2D eigenvalue weighted by Crippen LogP contribution is -2.46. The zero-order valence-corrected chi connectivity index (χ0v) is 11.9. The molecule has 1 saturated heterocycles. The second-order valence-electron chi connectivity index (χ2n) is 5.22. The first-order valence-corrected chi connectivity index (χ1v) is 6.91.